The summed E-state index contributed by atoms with van der Waals surface area (Å²) in [7, 11) is 0.935. The van der Waals surface area contributed by atoms with E-state index in [1.807, 2.05) is 6.07 Å². The zero-order valence-corrected chi connectivity index (χ0v) is 18.8. The molecule has 2 rings (SSSR count). The molecule has 136 valence electrons. The van der Waals surface area contributed by atoms with Crippen molar-refractivity contribution in [2.24, 2.45) is 0 Å². The van der Waals surface area contributed by atoms with Crippen LogP contribution in [0.15, 0.2) is 18.2 Å². The lowest BCUT2D eigenvalue weighted by Gasteiger charge is -2.48. The van der Waals surface area contributed by atoms with Gasteiger partial charge in [0.2, 0.25) is 0 Å². The highest BCUT2D eigenvalue weighted by Gasteiger charge is 2.52. The summed E-state index contributed by atoms with van der Waals surface area (Å²) >= 11 is 0. The van der Waals surface area contributed by atoms with Crippen molar-refractivity contribution >= 4 is 21.1 Å². The molecule has 4 heteroatoms. The van der Waals surface area contributed by atoms with Crippen LogP contribution in [0.2, 0.25) is 0 Å². The second-order valence-electron chi connectivity index (χ2n) is 9.50. The molecule has 1 aromatic carbocycles. The van der Waals surface area contributed by atoms with E-state index in [4.69, 9.17) is 9.47 Å². The Balaban J connectivity index is 2.63. The third kappa shape index (κ3) is 3.76. The lowest BCUT2D eigenvalue weighted by Crippen LogP contribution is -2.35. The summed E-state index contributed by atoms with van der Waals surface area (Å²) in [4.78, 5) is 0. The first-order valence-electron chi connectivity index (χ1n) is 8.71. The summed E-state index contributed by atoms with van der Waals surface area (Å²) < 4.78 is 12.4. The monoisotopic (exact) mass is 368 g/mol. The molecule has 0 radical (unpaired) electrons. The number of hydrogen-bond donors (Lipinski definition) is 0. The average molecular weight is 368 g/mol. The Morgan fingerprint density at radius 1 is 0.958 bits per heavy atom. The van der Waals surface area contributed by atoms with E-state index in [-0.39, 0.29) is 29.0 Å². The van der Waals surface area contributed by atoms with E-state index in [9.17, 15) is 0 Å². The summed E-state index contributed by atoms with van der Waals surface area (Å²) in [6, 6.07) is 6.26. The number of rotatable bonds is 2. The predicted molar refractivity (Wildman–Crippen MR) is 110 cm³/mol. The zero-order valence-electron chi connectivity index (χ0n) is 17.0. The van der Waals surface area contributed by atoms with Gasteiger partial charge in [-0.15, -0.1) is 0 Å². The van der Waals surface area contributed by atoms with E-state index in [0.29, 0.717) is 0 Å². The highest BCUT2D eigenvalue weighted by Crippen LogP contribution is 2.75. The summed E-state index contributed by atoms with van der Waals surface area (Å²) in [6.07, 6.45) is 0. The number of methoxy groups -OCH3 is 1. The van der Waals surface area contributed by atoms with Crippen LogP contribution >= 0.6 is 15.8 Å². The fourth-order valence-corrected chi connectivity index (χ4v) is 14.3. The summed E-state index contributed by atoms with van der Waals surface area (Å²) in [6.45, 7) is 21.3. The predicted octanol–water partition coefficient (Wildman–Crippen LogP) is 6.36. The Hall–Kier alpha value is -0.320. The fraction of sp³-hybridized carbons (Fsp3) is 0.700. The summed E-state index contributed by atoms with van der Waals surface area (Å²) in [5.41, 5.74) is 0.279. The van der Waals surface area contributed by atoms with E-state index in [1.54, 1.807) is 7.11 Å². The quantitative estimate of drug-likeness (QED) is 0.566. The fourth-order valence-electron chi connectivity index (χ4n) is 3.78. The van der Waals surface area contributed by atoms with Gasteiger partial charge in [0.15, 0.2) is 0 Å². The van der Waals surface area contributed by atoms with Crippen LogP contribution in [0.25, 0.3) is 0 Å². The molecule has 1 heterocycles. The van der Waals surface area contributed by atoms with Crippen molar-refractivity contribution in [3.63, 3.8) is 0 Å². The van der Waals surface area contributed by atoms with Gasteiger partial charge in [-0.2, -0.15) is 0 Å². The van der Waals surface area contributed by atoms with Crippen molar-refractivity contribution in [2.75, 3.05) is 7.11 Å². The normalized spacial score (nSPS) is 21.6. The van der Waals surface area contributed by atoms with E-state index >= 15 is 0 Å². The van der Waals surface area contributed by atoms with Crippen LogP contribution in [-0.2, 0) is 0 Å². The molecule has 0 aromatic heterocycles. The Kier molecular flexibility index (Phi) is 5.37. The highest BCUT2D eigenvalue weighted by atomic mass is 31.2. The van der Waals surface area contributed by atoms with Crippen molar-refractivity contribution < 1.29 is 9.47 Å². The zero-order chi connectivity index (χ0) is 18.5. The van der Waals surface area contributed by atoms with E-state index < -0.39 is 7.92 Å². The summed E-state index contributed by atoms with van der Waals surface area (Å²) in [5.74, 6) is 2.04. The van der Waals surface area contributed by atoms with E-state index in [0.717, 1.165) is 11.5 Å². The Bertz CT molecular complexity index is 577. The van der Waals surface area contributed by atoms with Gasteiger partial charge in [0.1, 0.15) is 17.1 Å². The first-order chi connectivity index (χ1) is 10.8. The largest absolute Gasteiger partial charge is 0.496 e. The van der Waals surface area contributed by atoms with Crippen LogP contribution in [-0.4, -0.2) is 28.2 Å². The Morgan fingerprint density at radius 3 is 1.92 bits per heavy atom. The van der Waals surface area contributed by atoms with Crippen molar-refractivity contribution in [1.82, 2.24) is 0 Å². The topological polar surface area (TPSA) is 18.5 Å². The molecule has 1 aliphatic rings. The van der Waals surface area contributed by atoms with Crippen LogP contribution in [0.1, 0.15) is 62.3 Å². The standard InChI is InChI=1S/C20H34O2P2/c1-18(2,3)23-16-14(21-10)12-11-13-15(16)22-17(23)24(19(4,5)6)20(7,8)9/h11-13,17H,1-10H3/t17-,23?/m0/s1. The maximum atomic E-state index is 6.68. The molecule has 0 amide bonds. The molecule has 0 saturated heterocycles. The van der Waals surface area contributed by atoms with Gasteiger partial charge >= 0.3 is 0 Å². The van der Waals surface area contributed by atoms with Crippen molar-refractivity contribution in [3.05, 3.63) is 18.2 Å². The molecule has 0 fully saturated rings. The Morgan fingerprint density at radius 2 is 1.50 bits per heavy atom. The van der Waals surface area contributed by atoms with Crippen LogP contribution in [0, 0.1) is 0 Å². The molecule has 0 bridgehead atoms. The van der Waals surface area contributed by atoms with Gasteiger partial charge in [-0.1, -0.05) is 68.4 Å². The van der Waals surface area contributed by atoms with Crippen LogP contribution in [0.5, 0.6) is 11.5 Å². The third-order valence-corrected chi connectivity index (χ3v) is 12.0. The second-order valence-corrected chi connectivity index (χ2v) is 16.8. The molecule has 0 aliphatic carbocycles. The first kappa shape index (κ1) is 20.0. The number of ether oxygens (including phenoxy) is 2. The smallest absolute Gasteiger partial charge is 0.141 e. The lowest BCUT2D eigenvalue weighted by atomic mass is 10.2. The van der Waals surface area contributed by atoms with Gasteiger partial charge in [0.25, 0.3) is 0 Å². The molecular formula is C20H34O2P2. The van der Waals surface area contributed by atoms with Gasteiger partial charge in [-0.05, 0) is 43.4 Å². The van der Waals surface area contributed by atoms with Gasteiger partial charge in [0.05, 0.1) is 12.4 Å². The molecule has 1 aromatic rings. The molecule has 0 spiro atoms. The van der Waals surface area contributed by atoms with Gasteiger partial charge in [-0.25, -0.2) is 0 Å². The molecule has 1 aliphatic heterocycles. The molecular weight excluding hydrogens is 334 g/mol. The number of hydrogen-bond acceptors (Lipinski definition) is 2. The second kappa shape index (κ2) is 6.44. The lowest BCUT2D eigenvalue weighted by molar-refractivity contribution is 0.357. The van der Waals surface area contributed by atoms with E-state index in [2.05, 4.69) is 74.4 Å². The molecule has 2 atom stereocenters. The minimum Gasteiger partial charge on any atom is -0.496 e. The van der Waals surface area contributed by atoms with Crippen LogP contribution in [0.4, 0.5) is 0 Å². The molecule has 2 nitrogen and oxygen atoms in total. The van der Waals surface area contributed by atoms with Crippen molar-refractivity contribution in [2.45, 2.75) is 83.4 Å². The molecule has 1 unspecified atom stereocenters. The summed E-state index contributed by atoms with van der Waals surface area (Å²) in [5, 5.41) is 1.98. The molecule has 0 N–H and O–H groups in total. The number of fused-ring (bicyclic) bond motifs is 1. The van der Waals surface area contributed by atoms with Crippen molar-refractivity contribution in [1.29, 1.82) is 0 Å². The van der Waals surface area contributed by atoms with Gasteiger partial charge in [0, 0.05) is 0 Å². The molecule has 24 heavy (non-hydrogen) atoms. The third-order valence-electron chi connectivity index (χ3n) is 4.27. The number of benzene rings is 1. The van der Waals surface area contributed by atoms with Crippen LogP contribution in [0.3, 0.4) is 0 Å². The maximum Gasteiger partial charge on any atom is 0.141 e. The molecule has 0 saturated carbocycles. The van der Waals surface area contributed by atoms with Gasteiger partial charge in [-0.3, -0.25) is 0 Å². The highest BCUT2D eigenvalue weighted by molar-refractivity contribution is 7.82. The van der Waals surface area contributed by atoms with E-state index in [1.165, 1.54) is 5.30 Å². The van der Waals surface area contributed by atoms with Gasteiger partial charge < -0.3 is 9.47 Å². The maximum absolute atomic E-state index is 6.68. The minimum absolute atomic E-state index is 0.178. The SMILES string of the molecule is COc1cccc2c1P(C(C)(C)C)[C@@H](P(C(C)(C)C)C(C)(C)C)O2. The van der Waals surface area contributed by atoms with Crippen molar-refractivity contribution in [3.8, 4) is 11.5 Å². The average Bonchev–Trinajstić information content (AvgIpc) is 2.72. The van der Waals surface area contributed by atoms with Crippen LogP contribution < -0.4 is 14.8 Å². The minimum atomic E-state index is -0.478. The first-order valence-corrected chi connectivity index (χ1v) is 11.5. The Labute approximate surface area is 151 Å².